The van der Waals surface area contributed by atoms with Crippen LogP contribution < -0.4 is 10.1 Å². The summed E-state index contributed by atoms with van der Waals surface area (Å²) >= 11 is 0. The number of ether oxygens (including phenoxy) is 2. The van der Waals surface area contributed by atoms with Gasteiger partial charge in [0.05, 0.1) is 7.11 Å². The van der Waals surface area contributed by atoms with Crippen LogP contribution in [0.1, 0.15) is 37.7 Å². The molecule has 0 amide bonds. The zero-order chi connectivity index (χ0) is 13.7. The van der Waals surface area contributed by atoms with Gasteiger partial charge in [-0.05, 0) is 49.8 Å². The number of hydrogen-bond donors (Lipinski definition) is 1. The molecule has 1 aliphatic carbocycles. The van der Waals surface area contributed by atoms with Crippen molar-refractivity contribution in [1.82, 2.24) is 5.32 Å². The van der Waals surface area contributed by atoms with Crippen LogP contribution in [0, 0.1) is 0 Å². The minimum absolute atomic E-state index is 0.538. The highest BCUT2D eigenvalue weighted by molar-refractivity contribution is 5.32. The lowest BCUT2D eigenvalue weighted by Gasteiger charge is -2.38. The van der Waals surface area contributed by atoms with E-state index in [1.165, 1.54) is 18.4 Å². The number of rotatable bonds is 7. The summed E-state index contributed by atoms with van der Waals surface area (Å²) in [6, 6.07) is 9.65. The lowest BCUT2D eigenvalue weighted by Crippen LogP contribution is -2.44. The summed E-state index contributed by atoms with van der Waals surface area (Å²) < 4.78 is 10.4. The van der Waals surface area contributed by atoms with Gasteiger partial charge in [0, 0.05) is 25.8 Å². The summed E-state index contributed by atoms with van der Waals surface area (Å²) in [6.07, 6.45) is 3.53. The maximum atomic E-state index is 5.28. The third-order valence-corrected chi connectivity index (χ3v) is 3.98. The normalized spacial score (nSPS) is 23.7. The predicted molar refractivity (Wildman–Crippen MR) is 77.8 cm³/mol. The van der Waals surface area contributed by atoms with E-state index in [1.807, 2.05) is 6.07 Å². The maximum absolute atomic E-state index is 5.28. The molecule has 1 atom stereocenters. The third kappa shape index (κ3) is 3.95. The van der Waals surface area contributed by atoms with Crippen LogP contribution in [-0.2, 0) is 4.74 Å². The molecule has 0 spiro atoms. The fourth-order valence-corrected chi connectivity index (χ4v) is 2.70. The SMILES string of the molecule is COCCC(C)NC1CC(c2cccc(OC)c2)C1. The van der Waals surface area contributed by atoms with Crippen molar-refractivity contribution in [3.05, 3.63) is 29.8 Å². The van der Waals surface area contributed by atoms with Gasteiger partial charge in [0.2, 0.25) is 0 Å². The summed E-state index contributed by atoms with van der Waals surface area (Å²) in [6.45, 7) is 3.07. The molecule has 3 heteroatoms. The van der Waals surface area contributed by atoms with Crippen LogP contribution in [0.15, 0.2) is 24.3 Å². The molecule has 1 aromatic rings. The first-order valence-corrected chi connectivity index (χ1v) is 7.12. The van der Waals surface area contributed by atoms with Crippen LogP contribution in [0.2, 0.25) is 0 Å². The average molecular weight is 263 g/mol. The van der Waals surface area contributed by atoms with E-state index in [9.17, 15) is 0 Å². The van der Waals surface area contributed by atoms with E-state index >= 15 is 0 Å². The van der Waals surface area contributed by atoms with Gasteiger partial charge in [-0.1, -0.05) is 12.1 Å². The number of methoxy groups -OCH3 is 2. The zero-order valence-corrected chi connectivity index (χ0v) is 12.2. The van der Waals surface area contributed by atoms with Crippen LogP contribution in [0.4, 0.5) is 0 Å². The summed E-state index contributed by atoms with van der Waals surface area (Å²) in [7, 11) is 3.48. The fourth-order valence-electron chi connectivity index (χ4n) is 2.70. The lowest BCUT2D eigenvalue weighted by atomic mass is 9.75. The minimum Gasteiger partial charge on any atom is -0.497 e. The molecule has 0 heterocycles. The molecule has 0 aromatic heterocycles. The molecule has 0 aliphatic heterocycles. The van der Waals surface area contributed by atoms with Crippen molar-refractivity contribution in [1.29, 1.82) is 0 Å². The summed E-state index contributed by atoms with van der Waals surface area (Å²) in [4.78, 5) is 0. The van der Waals surface area contributed by atoms with Crippen molar-refractivity contribution in [3.8, 4) is 5.75 Å². The summed E-state index contributed by atoms with van der Waals surface area (Å²) in [5.41, 5.74) is 1.40. The molecule has 1 fully saturated rings. The molecule has 1 N–H and O–H groups in total. The Balaban J connectivity index is 1.76. The molecule has 106 valence electrons. The average Bonchev–Trinajstić information content (AvgIpc) is 2.40. The minimum atomic E-state index is 0.538. The summed E-state index contributed by atoms with van der Waals surface area (Å²) in [5, 5.41) is 3.67. The van der Waals surface area contributed by atoms with E-state index in [2.05, 4.69) is 30.4 Å². The second-order valence-electron chi connectivity index (χ2n) is 5.49. The van der Waals surface area contributed by atoms with Crippen LogP contribution in [0.3, 0.4) is 0 Å². The van der Waals surface area contributed by atoms with Crippen LogP contribution in [-0.4, -0.2) is 32.9 Å². The van der Waals surface area contributed by atoms with Gasteiger partial charge in [0.1, 0.15) is 5.75 Å². The van der Waals surface area contributed by atoms with Gasteiger partial charge in [-0.2, -0.15) is 0 Å². The first-order chi connectivity index (χ1) is 9.22. The highest BCUT2D eigenvalue weighted by atomic mass is 16.5. The molecule has 2 rings (SSSR count). The molecule has 19 heavy (non-hydrogen) atoms. The molecular formula is C16H25NO2. The predicted octanol–water partition coefficient (Wildman–Crippen LogP) is 2.96. The van der Waals surface area contributed by atoms with Crippen molar-refractivity contribution in [3.63, 3.8) is 0 Å². The summed E-state index contributed by atoms with van der Waals surface area (Å²) in [5.74, 6) is 1.64. The van der Waals surface area contributed by atoms with E-state index in [4.69, 9.17) is 9.47 Å². The van der Waals surface area contributed by atoms with Gasteiger partial charge in [-0.15, -0.1) is 0 Å². The van der Waals surface area contributed by atoms with Crippen molar-refractivity contribution >= 4 is 0 Å². The molecule has 1 saturated carbocycles. The Morgan fingerprint density at radius 1 is 1.32 bits per heavy atom. The van der Waals surface area contributed by atoms with Gasteiger partial charge in [0.15, 0.2) is 0 Å². The zero-order valence-electron chi connectivity index (χ0n) is 12.2. The second-order valence-corrected chi connectivity index (χ2v) is 5.49. The van der Waals surface area contributed by atoms with E-state index in [0.717, 1.165) is 18.8 Å². The Hall–Kier alpha value is -1.06. The van der Waals surface area contributed by atoms with E-state index in [-0.39, 0.29) is 0 Å². The van der Waals surface area contributed by atoms with Gasteiger partial charge in [-0.25, -0.2) is 0 Å². The standard InChI is InChI=1S/C16H25NO2/c1-12(7-8-18-2)17-15-9-14(10-15)13-5-4-6-16(11-13)19-3/h4-6,11-12,14-15,17H,7-10H2,1-3H3. The lowest BCUT2D eigenvalue weighted by molar-refractivity contribution is 0.175. The molecule has 0 radical (unpaired) electrons. The Morgan fingerprint density at radius 2 is 2.11 bits per heavy atom. The van der Waals surface area contributed by atoms with E-state index < -0.39 is 0 Å². The molecule has 1 unspecified atom stereocenters. The number of nitrogens with one attached hydrogen (secondary N) is 1. The molecule has 1 aliphatic rings. The Kier molecular flexibility index (Phi) is 5.23. The van der Waals surface area contributed by atoms with Crippen LogP contribution in [0.25, 0.3) is 0 Å². The van der Waals surface area contributed by atoms with Crippen LogP contribution >= 0.6 is 0 Å². The van der Waals surface area contributed by atoms with E-state index in [1.54, 1.807) is 14.2 Å². The monoisotopic (exact) mass is 263 g/mol. The number of benzene rings is 1. The topological polar surface area (TPSA) is 30.5 Å². The molecular weight excluding hydrogens is 238 g/mol. The highest BCUT2D eigenvalue weighted by Crippen LogP contribution is 2.38. The molecule has 0 bridgehead atoms. The Morgan fingerprint density at radius 3 is 2.79 bits per heavy atom. The highest BCUT2D eigenvalue weighted by Gasteiger charge is 2.30. The molecule has 3 nitrogen and oxygen atoms in total. The van der Waals surface area contributed by atoms with Gasteiger partial charge >= 0.3 is 0 Å². The van der Waals surface area contributed by atoms with Gasteiger partial charge in [-0.3, -0.25) is 0 Å². The first-order valence-electron chi connectivity index (χ1n) is 7.12. The maximum Gasteiger partial charge on any atom is 0.119 e. The Bertz CT molecular complexity index is 388. The fraction of sp³-hybridized carbons (Fsp3) is 0.625. The largest absolute Gasteiger partial charge is 0.497 e. The Labute approximate surface area is 116 Å². The van der Waals surface area contributed by atoms with Crippen molar-refractivity contribution in [2.45, 2.75) is 44.2 Å². The quantitative estimate of drug-likeness (QED) is 0.820. The van der Waals surface area contributed by atoms with Crippen LogP contribution in [0.5, 0.6) is 5.75 Å². The second kappa shape index (κ2) is 6.92. The van der Waals surface area contributed by atoms with E-state index in [0.29, 0.717) is 18.0 Å². The van der Waals surface area contributed by atoms with Crippen molar-refractivity contribution in [2.75, 3.05) is 20.8 Å². The smallest absolute Gasteiger partial charge is 0.119 e. The molecule has 0 saturated heterocycles. The molecule has 1 aromatic carbocycles. The van der Waals surface area contributed by atoms with Crippen molar-refractivity contribution in [2.24, 2.45) is 0 Å². The van der Waals surface area contributed by atoms with Gasteiger partial charge < -0.3 is 14.8 Å². The van der Waals surface area contributed by atoms with Gasteiger partial charge in [0.25, 0.3) is 0 Å². The number of hydrogen-bond acceptors (Lipinski definition) is 3. The van der Waals surface area contributed by atoms with Crippen molar-refractivity contribution < 1.29 is 9.47 Å². The third-order valence-electron chi connectivity index (χ3n) is 3.98. The first kappa shape index (κ1) is 14.4.